The molecule has 3 rings (SSSR count). The quantitative estimate of drug-likeness (QED) is 0.575. The van der Waals surface area contributed by atoms with Crippen molar-refractivity contribution in [2.24, 2.45) is 0 Å². The van der Waals surface area contributed by atoms with Crippen LogP contribution < -0.4 is 9.50 Å². The average Bonchev–Trinajstić information content (AvgIpc) is 2.56. The minimum absolute atomic E-state index is 0.162. The summed E-state index contributed by atoms with van der Waals surface area (Å²) in [4.78, 5) is 23.4. The average molecular weight is 270 g/mol. The summed E-state index contributed by atoms with van der Waals surface area (Å²) in [6, 6.07) is 5.13. The molecular weight excluding hydrogens is 262 g/mol. The number of fused-ring (bicyclic) bond motifs is 2. The van der Waals surface area contributed by atoms with Crippen LogP contribution in [0.25, 0.3) is 0 Å². The molecular formula is C11H8ClNO3S. The van der Waals surface area contributed by atoms with Crippen molar-refractivity contribution in [3.63, 3.8) is 0 Å². The first-order chi connectivity index (χ1) is 8.12. The highest BCUT2D eigenvalue weighted by Gasteiger charge is 2.51. The number of imide groups is 1. The first kappa shape index (κ1) is 10.9. The van der Waals surface area contributed by atoms with Crippen molar-refractivity contribution in [2.75, 3.05) is 5.75 Å². The zero-order valence-electron chi connectivity index (χ0n) is 8.66. The minimum atomic E-state index is -0.819. The summed E-state index contributed by atoms with van der Waals surface area (Å²) < 4.78 is 5.42. The topological polar surface area (TPSA) is 55.4 Å². The number of amides is 2. The lowest BCUT2D eigenvalue weighted by molar-refractivity contribution is -0.126. The number of carbonyl (C=O) groups is 2. The van der Waals surface area contributed by atoms with Crippen molar-refractivity contribution in [2.45, 2.75) is 11.8 Å². The molecule has 0 radical (unpaired) electrons. The number of nitrogens with one attached hydrogen (secondary N) is 1. The van der Waals surface area contributed by atoms with Crippen LogP contribution in [-0.2, 0) is 15.0 Å². The van der Waals surface area contributed by atoms with Gasteiger partial charge in [-0.1, -0.05) is 11.6 Å². The fourth-order valence-corrected chi connectivity index (χ4v) is 3.29. The van der Waals surface area contributed by atoms with Gasteiger partial charge in [0.15, 0.2) is 0 Å². The van der Waals surface area contributed by atoms with Crippen LogP contribution in [0.1, 0.15) is 12.0 Å². The van der Waals surface area contributed by atoms with E-state index in [1.807, 2.05) is 0 Å². The lowest BCUT2D eigenvalue weighted by Gasteiger charge is -2.31. The Morgan fingerprint density at radius 3 is 2.94 bits per heavy atom. The van der Waals surface area contributed by atoms with E-state index in [0.717, 1.165) is 0 Å². The first-order valence-corrected chi connectivity index (χ1v) is 6.34. The van der Waals surface area contributed by atoms with Gasteiger partial charge < -0.3 is 4.18 Å². The van der Waals surface area contributed by atoms with E-state index in [1.165, 1.54) is 12.0 Å². The van der Waals surface area contributed by atoms with Crippen LogP contribution in [0, 0.1) is 0 Å². The van der Waals surface area contributed by atoms with Crippen LogP contribution in [0.4, 0.5) is 0 Å². The summed E-state index contributed by atoms with van der Waals surface area (Å²) in [5, 5.41) is 2.88. The van der Waals surface area contributed by atoms with Crippen molar-refractivity contribution in [1.82, 2.24) is 5.32 Å². The molecule has 1 N–H and O–H groups in total. The van der Waals surface area contributed by atoms with E-state index in [0.29, 0.717) is 22.1 Å². The Labute approximate surface area is 107 Å². The highest BCUT2D eigenvalue weighted by Crippen LogP contribution is 2.46. The molecule has 17 heavy (non-hydrogen) atoms. The molecule has 1 aromatic carbocycles. The molecule has 0 aromatic heterocycles. The number of carbonyl (C=O) groups excluding carboxylic acids is 2. The molecule has 1 saturated heterocycles. The number of rotatable bonds is 0. The van der Waals surface area contributed by atoms with E-state index < -0.39 is 5.41 Å². The fourth-order valence-electron chi connectivity index (χ4n) is 2.20. The molecule has 6 heteroatoms. The molecule has 1 unspecified atom stereocenters. The van der Waals surface area contributed by atoms with Crippen molar-refractivity contribution in [3.8, 4) is 5.75 Å². The molecule has 1 aromatic rings. The maximum atomic E-state index is 12.0. The zero-order chi connectivity index (χ0) is 12.0. The maximum absolute atomic E-state index is 12.0. The SMILES string of the molecule is O=C1CC2(CSOc3ccc(Cl)cc32)C(=O)N1. The second-order valence-electron chi connectivity index (χ2n) is 4.12. The molecule has 2 amide bonds. The molecule has 1 atom stereocenters. The minimum Gasteiger partial charge on any atom is -0.425 e. The van der Waals surface area contributed by atoms with E-state index in [4.69, 9.17) is 15.8 Å². The summed E-state index contributed by atoms with van der Waals surface area (Å²) in [5.41, 5.74) is -0.118. The van der Waals surface area contributed by atoms with Gasteiger partial charge in [0.05, 0.1) is 23.2 Å². The monoisotopic (exact) mass is 269 g/mol. The second-order valence-corrected chi connectivity index (χ2v) is 5.25. The summed E-state index contributed by atoms with van der Waals surface area (Å²) in [7, 11) is 0. The van der Waals surface area contributed by atoms with Crippen LogP contribution in [0.2, 0.25) is 5.02 Å². The molecule has 2 aliphatic heterocycles. The molecule has 1 spiro atoms. The van der Waals surface area contributed by atoms with Crippen LogP contribution in [0.3, 0.4) is 0 Å². The fraction of sp³-hybridized carbons (Fsp3) is 0.273. The Balaban J connectivity index is 2.19. The lowest BCUT2D eigenvalue weighted by Crippen LogP contribution is -2.40. The third-order valence-corrected chi connectivity index (χ3v) is 4.20. The molecule has 0 aliphatic carbocycles. The number of benzene rings is 1. The number of hydrogen-bond donors (Lipinski definition) is 1. The van der Waals surface area contributed by atoms with Gasteiger partial charge >= 0.3 is 0 Å². The predicted octanol–water partition coefficient (Wildman–Crippen LogP) is 1.66. The van der Waals surface area contributed by atoms with Crippen molar-refractivity contribution in [3.05, 3.63) is 28.8 Å². The van der Waals surface area contributed by atoms with E-state index in [-0.39, 0.29) is 18.2 Å². The predicted molar refractivity (Wildman–Crippen MR) is 64.0 cm³/mol. The Morgan fingerprint density at radius 1 is 1.41 bits per heavy atom. The third kappa shape index (κ3) is 1.53. The van der Waals surface area contributed by atoms with Gasteiger partial charge in [0, 0.05) is 17.0 Å². The van der Waals surface area contributed by atoms with Gasteiger partial charge in [-0.3, -0.25) is 14.9 Å². The molecule has 0 saturated carbocycles. The van der Waals surface area contributed by atoms with Gasteiger partial charge in [-0.05, 0) is 18.2 Å². The Bertz CT molecular complexity index is 533. The van der Waals surface area contributed by atoms with Crippen molar-refractivity contribution < 1.29 is 13.8 Å². The van der Waals surface area contributed by atoms with Crippen molar-refractivity contribution >= 4 is 35.5 Å². The maximum Gasteiger partial charge on any atom is 0.238 e. The summed E-state index contributed by atoms with van der Waals surface area (Å²) in [6.45, 7) is 0. The highest BCUT2D eigenvalue weighted by molar-refractivity contribution is 7.95. The second kappa shape index (κ2) is 3.65. The van der Waals surface area contributed by atoms with Gasteiger partial charge in [-0.15, -0.1) is 0 Å². The molecule has 2 aliphatic rings. The Kier molecular flexibility index (Phi) is 2.34. The van der Waals surface area contributed by atoms with Crippen LogP contribution in [0.5, 0.6) is 5.75 Å². The van der Waals surface area contributed by atoms with E-state index in [9.17, 15) is 9.59 Å². The number of hydrogen-bond acceptors (Lipinski definition) is 4. The molecule has 1 fully saturated rings. The first-order valence-electron chi connectivity index (χ1n) is 5.06. The largest absolute Gasteiger partial charge is 0.425 e. The summed E-state index contributed by atoms with van der Waals surface area (Å²) >= 11 is 7.13. The van der Waals surface area contributed by atoms with E-state index >= 15 is 0 Å². The smallest absolute Gasteiger partial charge is 0.238 e. The van der Waals surface area contributed by atoms with Gasteiger partial charge in [0.25, 0.3) is 0 Å². The highest BCUT2D eigenvalue weighted by atomic mass is 35.5. The summed E-state index contributed by atoms with van der Waals surface area (Å²) in [5.74, 6) is 0.526. The Hall–Kier alpha value is -1.20. The number of halogens is 1. The van der Waals surface area contributed by atoms with Crippen LogP contribution >= 0.6 is 23.6 Å². The molecule has 88 valence electrons. The summed E-state index contributed by atoms with van der Waals surface area (Å²) in [6.07, 6.45) is 0.162. The van der Waals surface area contributed by atoms with Gasteiger partial charge in [0.1, 0.15) is 5.75 Å². The third-order valence-electron chi connectivity index (χ3n) is 3.06. The van der Waals surface area contributed by atoms with Crippen molar-refractivity contribution in [1.29, 1.82) is 0 Å². The van der Waals surface area contributed by atoms with E-state index in [1.54, 1.807) is 18.2 Å². The molecule has 2 heterocycles. The van der Waals surface area contributed by atoms with Crippen LogP contribution in [0.15, 0.2) is 18.2 Å². The normalized spacial score (nSPS) is 26.6. The lowest BCUT2D eigenvalue weighted by atomic mass is 9.80. The molecule has 0 bridgehead atoms. The molecule has 4 nitrogen and oxygen atoms in total. The van der Waals surface area contributed by atoms with E-state index in [2.05, 4.69) is 5.32 Å². The standard InChI is InChI=1S/C11H8ClNO3S/c12-6-1-2-8-7(3-6)11(5-17-16-8)4-9(14)13-10(11)15/h1-3H,4-5H2,(H,13,14,15). The zero-order valence-corrected chi connectivity index (χ0v) is 10.2. The van der Waals surface area contributed by atoms with Gasteiger partial charge in [0.2, 0.25) is 11.8 Å². The van der Waals surface area contributed by atoms with Gasteiger partial charge in [-0.2, -0.15) is 0 Å². The van der Waals surface area contributed by atoms with Crippen LogP contribution in [-0.4, -0.2) is 17.6 Å². The Morgan fingerprint density at radius 2 is 2.24 bits per heavy atom. The van der Waals surface area contributed by atoms with Gasteiger partial charge in [-0.25, -0.2) is 0 Å².